The van der Waals surface area contributed by atoms with E-state index in [0.717, 1.165) is 53.4 Å². The Morgan fingerprint density at radius 2 is 1.60 bits per heavy atom. The van der Waals surface area contributed by atoms with Gasteiger partial charge in [0.25, 0.3) is 0 Å². The zero-order valence-electron chi connectivity index (χ0n) is 24.5. The van der Waals surface area contributed by atoms with E-state index < -0.39 is 5.97 Å². The maximum Gasteiger partial charge on any atom is 0.335 e. The van der Waals surface area contributed by atoms with Crippen LogP contribution in [0.1, 0.15) is 83.4 Å². The zero-order chi connectivity index (χ0) is 28.7. The largest absolute Gasteiger partial charge is 0.478 e. The van der Waals surface area contributed by atoms with Gasteiger partial charge in [-0.25, -0.2) is 9.78 Å². The van der Waals surface area contributed by atoms with Crippen molar-refractivity contribution >= 4 is 18.1 Å². The van der Waals surface area contributed by atoms with E-state index in [4.69, 9.17) is 4.98 Å². The number of benzene rings is 3. The number of carboxylic acids is 1. The van der Waals surface area contributed by atoms with Gasteiger partial charge >= 0.3 is 5.97 Å². The molecule has 4 fully saturated rings. The van der Waals surface area contributed by atoms with E-state index in [9.17, 15) is 9.90 Å². The lowest BCUT2D eigenvalue weighted by Gasteiger charge is -2.57. The van der Waals surface area contributed by atoms with Crippen LogP contribution in [0.2, 0.25) is 0 Å². The number of hydrogen-bond acceptors (Lipinski definition) is 2. The number of rotatable bonds is 9. The summed E-state index contributed by atoms with van der Waals surface area (Å²) in [5.41, 5.74) is 7.59. The van der Waals surface area contributed by atoms with E-state index in [1.807, 2.05) is 18.2 Å². The summed E-state index contributed by atoms with van der Waals surface area (Å²) >= 11 is 0. The highest BCUT2D eigenvalue weighted by molar-refractivity contribution is 5.88. The lowest BCUT2D eigenvalue weighted by Crippen LogP contribution is -2.46. The van der Waals surface area contributed by atoms with Crippen LogP contribution in [-0.4, -0.2) is 20.6 Å². The molecule has 4 bridgehead atoms. The fourth-order valence-electron chi connectivity index (χ4n) is 8.80. The van der Waals surface area contributed by atoms with Crippen LogP contribution < -0.4 is 0 Å². The van der Waals surface area contributed by atoms with Crippen molar-refractivity contribution in [2.24, 2.45) is 23.2 Å². The van der Waals surface area contributed by atoms with E-state index in [-0.39, 0.29) is 0 Å². The highest BCUT2D eigenvalue weighted by Gasteiger charge is 2.50. The average Bonchev–Trinajstić information content (AvgIpc) is 3.31. The first kappa shape index (κ1) is 26.9. The van der Waals surface area contributed by atoms with E-state index in [1.54, 1.807) is 12.1 Å². The summed E-state index contributed by atoms with van der Waals surface area (Å²) in [6.45, 7) is 2.94. The third kappa shape index (κ3) is 5.35. The molecule has 8 rings (SSSR count). The molecule has 0 atom stereocenters. The summed E-state index contributed by atoms with van der Waals surface area (Å²) in [5.74, 6) is 2.92. The molecular weight excluding hydrogens is 516 g/mol. The average molecular weight is 557 g/mol. The number of carboxylic acid groups (broad SMARTS) is 1. The molecule has 42 heavy (non-hydrogen) atoms. The van der Waals surface area contributed by atoms with Crippen molar-refractivity contribution in [2.75, 3.05) is 0 Å². The van der Waals surface area contributed by atoms with Gasteiger partial charge in [-0.1, -0.05) is 72.8 Å². The maximum absolute atomic E-state index is 11.6. The molecule has 0 saturated heterocycles. The van der Waals surface area contributed by atoms with Gasteiger partial charge in [0.05, 0.1) is 11.3 Å². The van der Waals surface area contributed by atoms with Gasteiger partial charge in [-0.3, -0.25) is 0 Å². The van der Waals surface area contributed by atoms with Crippen LogP contribution in [-0.2, 0) is 13.0 Å². The smallest absolute Gasteiger partial charge is 0.335 e. The van der Waals surface area contributed by atoms with E-state index in [0.29, 0.717) is 11.0 Å². The minimum Gasteiger partial charge on any atom is -0.478 e. The van der Waals surface area contributed by atoms with E-state index >= 15 is 0 Å². The number of nitrogens with zero attached hydrogens (tertiary/aromatic N) is 2. The molecule has 0 amide bonds. The monoisotopic (exact) mass is 556 g/mol. The second-order valence-corrected chi connectivity index (χ2v) is 13.3. The summed E-state index contributed by atoms with van der Waals surface area (Å²) in [6, 6.07) is 26.4. The predicted octanol–water partition coefficient (Wildman–Crippen LogP) is 8.92. The SMILES string of the molecule is Cc1ccccc1-c1nc(/C=C/c2cccc(C(=O)O)c2)c(CCC23CC4CC(CC(C4)C2)C3)n1Cc1ccccc1. The Morgan fingerprint density at radius 1 is 0.905 bits per heavy atom. The van der Waals surface area contributed by atoms with Gasteiger partial charge in [0, 0.05) is 17.8 Å². The molecule has 214 valence electrons. The first-order valence-corrected chi connectivity index (χ1v) is 15.7. The summed E-state index contributed by atoms with van der Waals surface area (Å²) < 4.78 is 2.46. The summed E-state index contributed by atoms with van der Waals surface area (Å²) in [7, 11) is 0. The molecule has 0 unspecified atom stereocenters. The van der Waals surface area contributed by atoms with Gasteiger partial charge in [-0.05, 0) is 116 Å². The van der Waals surface area contributed by atoms with Crippen molar-refractivity contribution in [3.05, 3.63) is 113 Å². The molecule has 4 nitrogen and oxygen atoms in total. The maximum atomic E-state index is 11.6. The summed E-state index contributed by atoms with van der Waals surface area (Å²) in [6.07, 6.45) is 15.0. The van der Waals surface area contributed by atoms with E-state index in [2.05, 4.69) is 72.2 Å². The number of aryl methyl sites for hydroxylation is 1. The third-order valence-electron chi connectivity index (χ3n) is 10.3. The summed E-state index contributed by atoms with van der Waals surface area (Å²) in [4.78, 5) is 16.9. The zero-order valence-corrected chi connectivity index (χ0v) is 24.5. The second-order valence-electron chi connectivity index (χ2n) is 13.3. The predicted molar refractivity (Wildman–Crippen MR) is 169 cm³/mol. The molecule has 3 aromatic carbocycles. The Bertz CT molecular complexity index is 1590. The highest BCUT2D eigenvalue weighted by Crippen LogP contribution is 2.61. The molecule has 4 heteroatoms. The van der Waals surface area contributed by atoms with Gasteiger partial charge in [0.15, 0.2) is 0 Å². The van der Waals surface area contributed by atoms with Crippen LogP contribution in [0, 0.1) is 30.1 Å². The van der Waals surface area contributed by atoms with Crippen LogP contribution >= 0.6 is 0 Å². The number of aromatic carboxylic acids is 1. The van der Waals surface area contributed by atoms with Gasteiger partial charge in [0.1, 0.15) is 5.82 Å². The second kappa shape index (κ2) is 11.1. The Labute approximate surface area is 249 Å². The van der Waals surface area contributed by atoms with Crippen molar-refractivity contribution in [1.82, 2.24) is 9.55 Å². The standard InChI is InChI=1S/C38H40N2O2/c1-26-8-5-6-13-33(26)36-39-34(15-14-27-11-7-12-32(21-27)37(41)42)35(40(36)25-28-9-3-2-4-10-28)16-17-38-22-29-18-30(23-38)20-31(19-29)24-38/h2-15,21,29-31H,16-20,22-25H2,1H3,(H,41,42)/b15-14+. The van der Waals surface area contributed by atoms with Crippen molar-refractivity contribution in [3.8, 4) is 11.4 Å². The molecule has 0 aliphatic heterocycles. The van der Waals surface area contributed by atoms with Crippen molar-refractivity contribution in [3.63, 3.8) is 0 Å². The minimum absolute atomic E-state index is 0.300. The molecule has 4 aliphatic rings. The lowest BCUT2D eigenvalue weighted by molar-refractivity contribution is -0.0571. The van der Waals surface area contributed by atoms with Crippen LogP contribution in [0.3, 0.4) is 0 Å². The van der Waals surface area contributed by atoms with Gasteiger partial charge < -0.3 is 9.67 Å². The topological polar surface area (TPSA) is 55.1 Å². The number of aromatic nitrogens is 2. The fourth-order valence-corrected chi connectivity index (χ4v) is 8.80. The van der Waals surface area contributed by atoms with E-state index in [1.165, 1.54) is 61.8 Å². The molecular formula is C38H40N2O2. The minimum atomic E-state index is -0.907. The Morgan fingerprint density at radius 3 is 2.29 bits per heavy atom. The highest BCUT2D eigenvalue weighted by atomic mass is 16.4. The van der Waals surface area contributed by atoms with Gasteiger partial charge in [-0.15, -0.1) is 0 Å². The number of carbonyl (C=O) groups is 1. The van der Waals surface area contributed by atoms with Crippen LogP contribution in [0.25, 0.3) is 23.5 Å². The molecule has 0 radical (unpaired) electrons. The first-order chi connectivity index (χ1) is 20.4. The Hall–Kier alpha value is -3.92. The first-order valence-electron chi connectivity index (χ1n) is 15.7. The van der Waals surface area contributed by atoms with Crippen LogP contribution in [0.5, 0.6) is 0 Å². The quantitative estimate of drug-likeness (QED) is 0.224. The summed E-state index contributed by atoms with van der Waals surface area (Å²) in [5, 5.41) is 9.52. The Kier molecular flexibility index (Phi) is 7.09. The third-order valence-corrected chi connectivity index (χ3v) is 10.3. The molecule has 1 aromatic heterocycles. The Balaban J connectivity index is 1.31. The van der Waals surface area contributed by atoms with Crippen LogP contribution in [0.4, 0.5) is 0 Å². The van der Waals surface area contributed by atoms with Crippen LogP contribution in [0.15, 0.2) is 78.9 Å². The molecule has 4 aliphatic carbocycles. The van der Waals surface area contributed by atoms with Crippen molar-refractivity contribution in [2.45, 2.75) is 64.8 Å². The lowest BCUT2D eigenvalue weighted by atomic mass is 9.48. The van der Waals surface area contributed by atoms with Crippen molar-refractivity contribution in [1.29, 1.82) is 0 Å². The van der Waals surface area contributed by atoms with Gasteiger partial charge in [0.2, 0.25) is 0 Å². The van der Waals surface area contributed by atoms with Crippen molar-refractivity contribution < 1.29 is 9.90 Å². The molecule has 0 spiro atoms. The normalized spacial score (nSPS) is 24.5. The molecule has 1 N–H and O–H groups in total. The molecule has 4 aromatic rings. The van der Waals surface area contributed by atoms with Gasteiger partial charge in [-0.2, -0.15) is 0 Å². The fraction of sp³-hybridized carbons (Fsp3) is 0.368. The molecule has 4 saturated carbocycles. The molecule has 1 heterocycles. The number of hydrogen-bond donors (Lipinski definition) is 1. The number of imidazole rings is 1.